The maximum atomic E-state index is 11.6. The van der Waals surface area contributed by atoms with E-state index in [0.29, 0.717) is 11.0 Å². The lowest BCUT2D eigenvalue weighted by atomic mass is 10.1. The van der Waals surface area contributed by atoms with Crippen molar-refractivity contribution in [3.05, 3.63) is 24.0 Å². The van der Waals surface area contributed by atoms with E-state index in [4.69, 9.17) is 0 Å². The molecule has 0 radical (unpaired) electrons. The van der Waals surface area contributed by atoms with E-state index in [1.807, 2.05) is 0 Å². The molecule has 1 aromatic heterocycles. The first-order valence-corrected chi connectivity index (χ1v) is 5.99. The van der Waals surface area contributed by atoms with E-state index in [0.717, 1.165) is 11.9 Å². The minimum atomic E-state index is -0.0721. The third kappa shape index (κ3) is 2.53. The van der Waals surface area contributed by atoms with Gasteiger partial charge in [0.15, 0.2) is 0 Å². The highest BCUT2D eigenvalue weighted by Crippen LogP contribution is 2.46. The molecule has 5 heteroatoms. The first-order chi connectivity index (χ1) is 7.26. The number of rotatable bonds is 4. The lowest BCUT2D eigenvalue weighted by Gasteiger charge is -2.12. The van der Waals surface area contributed by atoms with Crippen LogP contribution >= 0.6 is 15.9 Å². The summed E-state index contributed by atoms with van der Waals surface area (Å²) in [7, 11) is 0. The van der Waals surface area contributed by atoms with Crippen molar-refractivity contribution in [3.8, 4) is 0 Å². The van der Waals surface area contributed by atoms with Crippen LogP contribution in [-0.4, -0.2) is 28.0 Å². The Morgan fingerprint density at radius 1 is 1.53 bits per heavy atom. The van der Waals surface area contributed by atoms with Crippen LogP contribution in [0.15, 0.2) is 18.5 Å². The number of hydrogen-bond acceptors (Lipinski definition) is 3. The molecule has 1 heterocycles. The topological polar surface area (TPSA) is 54.9 Å². The van der Waals surface area contributed by atoms with Gasteiger partial charge in [0.1, 0.15) is 0 Å². The molecule has 2 rings (SSSR count). The Morgan fingerprint density at radius 2 is 2.33 bits per heavy atom. The third-order valence-corrected chi connectivity index (χ3v) is 3.90. The van der Waals surface area contributed by atoms with E-state index in [-0.39, 0.29) is 5.91 Å². The monoisotopic (exact) mass is 269 g/mol. The number of nitrogens with zero attached hydrogens (tertiary/aromatic N) is 2. The largest absolute Gasteiger partial charge is 0.351 e. The molecular formula is C10H12BrN3O. The Balaban J connectivity index is 1.88. The quantitative estimate of drug-likeness (QED) is 0.841. The van der Waals surface area contributed by atoms with Gasteiger partial charge in [-0.15, -0.1) is 0 Å². The molecule has 1 aliphatic carbocycles. The number of carbonyl (C=O) groups excluding carboxylic acids is 1. The van der Waals surface area contributed by atoms with Crippen LogP contribution < -0.4 is 5.32 Å². The molecule has 0 saturated heterocycles. The van der Waals surface area contributed by atoms with Gasteiger partial charge in [-0.05, 0) is 24.3 Å². The Morgan fingerprint density at radius 3 is 2.87 bits per heavy atom. The summed E-state index contributed by atoms with van der Waals surface area (Å²) >= 11 is 3.47. The summed E-state index contributed by atoms with van der Waals surface area (Å²) in [5.74, 6) is -0.0721. The van der Waals surface area contributed by atoms with Crippen molar-refractivity contribution >= 4 is 21.8 Å². The van der Waals surface area contributed by atoms with Crippen LogP contribution in [0.5, 0.6) is 0 Å². The predicted molar refractivity (Wildman–Crippen MR) is 59.8 cm³/mol. The van der Waals surface area contributed by atoms with Crippen LogP contribution in [0.25, 0.3) is 0 Å². The van der Waals surface area contributed by atoms with Crippen LogP contribution in [0.2, 0.25) is 0 Å². The molecule has 0 bridgehead atoms. The normalized spacial score (nSPS) is 17.1. The fraction of sp³-hybridized carbons (Fsp3) is 0.500. The number of amides is 1. The zero-order chi connectivity index (χ0) is 10.7. The Labute approximate surface area is 96.6 Å². The van der Waals surface area contributed by atoms with Crippen molar-refractivity contribution in [2.24, 2.45) is 5.41 Å². The predicted octanol–water partition coefficient (Wildman–Crippen LogP) is 1.38. The number of aromatic nitrogens is 2. The number of hydrogen-bond donors (Lipinski definition) is 1. The van der Waals surface area contributed by atoms with Gasteiger partial charge in [-0.3, -0.25) is 4.79 Å². The van der Waals surface area contributed by atoms with E-state index in [1.54, 1.807) is 6.07 Å². The zero-order valence-electron chi connectivity index (χ0n) is 8.24. The number of nitrogens with one attached hydrogen (secondary N) is 1. The molecule has 0 atom stereocenters. The van der Waals surface area contributed by atoms with Gasteiger partial charge < -0.3 is 5.32 Å². The molecule has 0 spiro atoms. The van der Waals surface area contributed by atoms with Crippen molar-refractivity contribution in [3.63, 3.8) is 0 Å². The third-order valence-electron chi connectivity index (χ3n) is 2.71. The highest BCUT2D eigenvalue weighted by Gasteiger charge is 2.41. The second kappa shape index (κ2) is 4.26. The zero-order valence-corrected chi connectivity index (χ0v) is 9.83. The summed E-state index contributed by atoms with van der Waals surface area (Å²) in [5, 5.41) is 11.2. The van der Waals surface area contributed by atoms with Crippen molar-refractivity contribution in [1.82, 2.24) is 15.5 Å². The Hall–Kier alpha value is -0.970. The van der Waals surface area contributed by atoms with Crippen molar-refractivity contribution in [2.75, 3.05) is 11.9 Å². The first-order valence-electron chi connectivity index (χ1n) is 4.87. The molecule has 1 aliphatic rings. The molecule has 0 unspecified atom stereocenters. The highest BCUT2D eigenvalue weighted by atomic mass is 79.9. The molecule has 4 nitrogen and oxygen atoms in total. The average Bonchev–Trinajstić information content (AvgIpc) is 3.08. The maximum absolute atomic E-state index is 11.6. The van der Waals surface area contributed by atoms with E-state index in [9.17, 15) is 4.79 Å². The van der Waals surface area contributed by atoms with Crippen LogP contribution in [0.3, 0.4) is 0 Å². The Kier molecular flexibility index (Phi) is 3.00. The second-order valence-electron chi connectivity index (χ2n) is 3.95. The van der Waals surface area contributed by atoms with Gasteiger partial charge in [-0.2, -0.15) is 10.2 Å². The van der Waals surface area contributed by atoms with Gasteiger partial charge in [-0.25, -0.2) is 0 Å². The van der Waals surface area contributed by atoms with Gasteiger partial charge in [0.2, 0.25) is 0 Å². The van der Waals surface area contributed by atoms with E-state index in [1.165, 1.54) is 25.2 Å². The van der Waals surface area contributed by atoms with Crippen LogP contribution in [0.4, 0.5) is 0 Å². The SMILES string of the molecule is O=C(NCC1(CBr)CC1)c1ccnnc1. The van der Waals surface area contributed by atoms with Crippen molar-refractivity contribution < 1.29 is 4.79 Å². The molecule has 0 aromatic carbocycles. The Bertz CT molecular complexity index is 351. The number of carbonyl (C=O) groups is 1. The summed E-state index contributed by atoms with van der Waals surface area (Å²) in [6, 6.07) is 1.66. The molecule has 1 fully saturated rings. The first kappa shape index (κ1) is 10.5. The standard InChI is InChI=1S/C10H12BrN3O/c11-6-10(2-3-10)7-12-9(15)8-1-4-13-14-5-8/h1,4-5H,2-3,6-7H2,(H,12,15). The summed E-state index contributed by atoms with van der Waals surface area (Å²) < 4.78 is 0. The van der Waals surface area contributed by atoms with Crippen molar-refractivity contribution in [2.45, 2.75) is 12.8 Å². The molecule has 1 N–H and O–H groups in total. The van der Waals surface area contributed by atoms with E-state index in [2.05, 4.69) is 31.4 Å². The fourth-order valence-electron chi connectivity index (χ4n) is 1.33. The van der Waals surface area contributed by atoms with Gasteiger partial charge in [-0.1, -0.05) is 15.9 Å². The van der Waals surface area contributed by atoms with Gasteiger partial charge in [0.05, 0.1) is 18.0 Å². The molecule has 80 valence electrons. The van der Waals surface area contributed by atoms with Gasteiger partial charge >= 0.3 is 0 Å². The van der Waals surface area contributed by atoms with Crippen LogP contribution in [0.1, 0.15) is 23.2 Å². The van der Waals surface area contributed by atoms with Crippen molar-refractivity contribution in [1.29, 1.82) is 0 Å². The van der Waals surface area contributed by atoms with Crippen LogP contribution in [-0.2, 0) is 0 Å². The maximum Gasteiger partial charge on any atom is 0.252 e. The smallest absolute Gasteiger partial charge is 0.252 e. The lowest BCUT2D eigenvalue weighted by molar-refractivity contribution is 0.0946. The van der Waals surface area contributed by atoms with Gasteiger partial charge in [0.25, 0.3) is 5.91 Å². The van der Waals surface area contributed by atoms with Crippen LogP contribution in [0, 0.1) is 5.41 Å². The minimum absolute atomic E-state index is 0.0721. The average molecular weight is 270 g/mol. The molecular weight excluding hydrogens is 258 g/mol. The second-order valence-corrected chi connectivity index (χ2v) is 4.51. The van der Waals surface area contributed by atoms with E-state index >= 15 is 0 Å². The summed E-state index contributed by atoms with van der Waals surface area (Å²) in [6.07, 6.45) is 5.37. The number of halogens is 1. The molecule has 1 saturated carbocycles. The summed E-state index contributed by atoms with van der Waals surface area (Å²) in [6.45, 7) is 0.736. The highest BCUT2D eigenvalue weighted by molar-refractivity contribution is 9.09. The summed E-state index contributed by atoms with van der Waals surface area (Å²) in [4.78, 5) is 11.6. The minimum Gasteiger partial charge on any atom is -0.351 e. The molecule has 1 amide bonds. The summed E-state index contributed by atoms with van der Waals surface area (Å²) in [5.41, 5.74) is 0.867. The fourth-order valence-corrected chi connectivity index (χ4v) is 2.09. The van der Waals surface area contributed by atoms with Gasteiger partial charge in [0, 0.05) is 11.9 Å². The molecule has 0 aliphatic heterocycles. The molecule has 15 heavy (non-hydrogen) atoms. The van der Waals surface area contributed by atoms with E-state index < -0.39 is 0 Å². The molecule has 1 aromatic rings. The number of alkyl halides is 1. The lowest BCUT2D eigenvalue weighted by Crippen LogP contribution is -2.30.